The Labute approximate surface area is 120 Å². The van der Waals surface area contributed by atoms with Gasteiger partial charge < -0.3 is 5.32 Å². The molecule has 0 fully saturated rings. The van der Waals surface area contributed by atoms with E-state index in [4.69, 9.17) is 0 Å². The van der Waals surface area contributed by atoms with Crippen LogP contribution in [0.15, 0.2) is 24.7 Å². The van der Waals surface area contributed by atoms with Gasteiger partial charge >= 0.3 is 6.18 Å². The molecule has 21 heavy (non-hydrogen) atoms. The van der Waals surface area contributed by atoms with Crippen LogP contribution in [0.2, 0.25) is 0 Å². The summed E-state index contributed by atoms with van der Waals surface area (Å²) in [6, 6.07) is 2.15. The van der Waals surface area contributed by atoms with Gasteiger partial charge in [0.15, 0.2) is 0 Å². The van der Waals surface area contributed by atoms with Gasteiger partial charge in [-0.1, -0.05) is 6.92 Å². The van der Waals surface area contributed by atoms with Crippen LogP contribution < -0.4 is 5.32 Å². The maximum absolute atomic E-state index is 12.2. The van der Waals surface area contributed by atoms with Crippen molar-refractivity contribution in [2.45, 2.75) is 45.6 Å². The Balaban J connectivity index is 1.90. The largest absolute Gasteiger partial charge is 0.408 e. The molecule has 0 aromatic carbocycles. The van der Waals surface area contributed by atoms with Crippen molar-refractivity contribution in [3.8, 4) is 0 Å². The SMILES string of the molecule is CC[C@@H](C)n1ccc(NCc2cnn(CC(F)(F)F)c2)n1. The highest BCUT2D eigenvalue weighted by Crippen LogP contribution is 2.17. The van der Waals surface area contributed by atoms with Crippen molar-refractivity contribution >= 4 is 5.82 Å². The minimum Gasteiger partial charge on any atom is -0.364 e. The van der Waals surface area contributed by atoms with Crippen molar-refractivity contribution in [1.82, 2.24) is 19.6 Å². The highest BCUT2D eigenvalue weighted by molar-refractivity contribution is 5.33. The van der Waals surface area contributed by atoms with Crippen molar-refractivity contribution in [3.05, 3.63) is 30.2 Å². The lowest BCUT2D eigenvalue weighted by Crippen LogP contribution is -2.17. The molecule has 0 aliphatic rings. The maximum atomic E-state index is 12.2. The van der Waals surface area contributed by atoms with E-state index >= 15 is 0 Å². The van der Waals surface area contributed by atoms with Crippen LogP contribution in [-0.4, -0.2) is 25.7 Å². The summed E-state index contributed by atoms with van der Waals surface area (Å²) in [6.45, 7) is 3.46. The van der Waals surface area contributed by atoms with E-state index in [-0.39, 0.29) is 0 Å². The summed E-state index contributed by atoms with van der Waals surface area (Å²) >= 11 is 0. The zero-order valence-electron chi connectivity index (χ0n) is 11.9. The second kappa shape index (κ2) is 6.19. The summed E-state index contributed by atoms with van der Waals surface area (Å²) in [6.07, 6.45) is 1.40. The normalized spacial score (nSPS) is 13.4. The van der Waals surface area contributed by atoms with E-state index in [1.807, 2.05) is 16.9 Å². The summed E-state index contributed by atoms with van der Waals surface area (Å²) < 4.78 is 39.4. The van der Waals surface area contributed by atoms with E-state index in [9.17, 15) is 13.2 Å². The Morgan fingerprint density at radius 2 is 2.14 bits per heavy atom. The fraction of sp³-hybridized carbons (Fsp3) is 0.538. The smallest absolute Gasteiger partial charge is 0.364 e. The Morgan fingerprint density at radius 3 is 2.81 bits per heavy atom. The van der Waals surface area contributed by atoms with E-state index in [0.29, 0.717) is 24.0 Å². The number of rotatable bonds is 6. The van der Waals surface area contributed by atoms with Gasteiger partial charge in [-0.2, -0.15) is 23.4 Å². The Hall–Kier alpha value is -1.99. The first-order chi connectivity index (χ1) is 9.87. The molecule has 0 saturated carbocycles. The zero-order valence-corrected chi connectivity index (χ0v) is 11.9. The first-order valence-electron chi connectivity index (χ1n) is 6.74. The summed E-state index contributed by atoms with van der Waals surface area (Å²) in [7, 11) is 0. The van der Waals surface area contributed by atoms with Crippen LogP contribution in [0.4, 0.5) is 19.0 Å². The van der Waals surface area contributed by atoms with Crippen LogP contribution in [0.1, 0.15) is 31.9 Å². The van der Waals surface area contributed by atoms with Crippen LogP contribution in [0, 0.1) is 0 Å². The van der Waals surface area contributed by atoms with Gasteiger partial charge in [0.25, 0.3) is 0 Å². The molecule has 2 heterocycles. The predicted octanol–water partition coefficient (Wildman–Crippen LogP) is 3.23. The van der Waals surface area contributed by atoms with Crippen LogP contribution in [-0.2, 0) is 13.1 Å². The summed E-state index contributed by atoms with van der Waals surface area (Å²) in [5, 5.41) is 11.1. The maximum Gasteiger partial charge on any atom is 0.408 e. The standard InChI is InChI=1S/C13H18F3N5/c1-3-10(2)21-5-4-12(19-21)17-6-11-7-18-20(8-11)9-13(14,15)16/h4-5,7-8,10H,3,6,9H2,1-2H3,(H,17,19)/t10-/m1/s1. The second-order valence-corrected chi connectivity index (χ2v) is 4.95. The van der Waals surface area contributed by atoms with Crippen molar-refractivity contribution in [1.29, 1.82) is 0 Å². The topological polar surface area (TPSA) is 47.7 Å². The quantitative estimate of drug-likeness (QED) is 0.891. The summed E-state index contributed by atoms with van der Waals surface area (Å²) in [5.74, 6) is 0.693. The van der Waals surface area contributed by atoms with E-state index in [1.54, 1.807) is 0 Å². The molecule has 1 atom stereocenters. The molecule has 2 rings (SSSR count). The first kappa shape index (κ1) is 15.4. The van der Waals surface area contributed by atoms with Crippen LogP contribution >= 0.6 is 0 Å². The van der Waals surface area contributed by atoms with Crippen LogP contribution in [0.5, 0.6) is 0 Å². The molecule has 1 N–H and O–H groups in total. The number of halogens is 3. The fourth-order valence-corrected chi connectivity index (χ4v) is 1.83. The molecule has 8 heteroatoms. The van der Waals surface area contributed by atoms with Crippen LogP contribution in [0.25, 0.3) is 0 Å². The zero-order chi connectivity index (χ0) is 15.5. The molecule has 5 nitrogen and oxygen atoms in total. The lowest BCUT2D eigenvalue weighted by Gasteiger charge is -2.08. The lowest BCUT2D eigenvalue weighted by atomic mass is 10.3. The number of hydrogen-bond donors (Lipinski definition) is 1. The minimum absolute atomic E-state index is 0.315. The third-order valence-electron chi connectivity index (χ3n) is 3.15. The molecular formula is C13H18F3N5. The van der Waals surface area contributed by atoms with E-state index in [1.165, 1.54) is 12.4 Å². The van der Waals surface area contributed by atoms with Gasteiger partial charge in [-0.25, -0.2) is 0 Å². The van der Waals surface area contributed by atoms with Crippen molar-refractivity contribution in [3.63, 3.8) is 0 Å². The van der Waals surface area contributed by atoms with Crippen molar-refractivity contribution < 1.29 is 13.2 Å². The van der Waals surface area contributed by atoms with Gasteiger partial charge in [0.05, 0.1) is 6.20 Å². The summed E-state index contributed by atoms with van der Waals surface area (Å²) in [5.41, 5.74) is 0.678. The second-order valence-electron chi connectivity index (χ2n) is 4.95. The van der Waals surface area contributed by atoms with Gasteiger partial charge in [-0.15, -0.1) is 0 Å². The number of anilines is 1. The molecule has 0 radical (unpaired) electrons. The van der Waals surface area contributed by atoms with Gasteiger partial charge in [-0.05, 0) is 13.3 Å². The molecule has 0 amide bonds. The highest BCUT2D eigenvalue weighted by Gasteiger charge is 2.28. The number of hydrogen-bond acceptors (Lipinski definition) is 3. The monoisotopic (exact) mass is 301 g/mol. The molecule has 0 bridgehead atoms. The third-order valence-corrected chi connectivity index (χ3v) is 3.15. The average molecular weight is 301 g/mol. The van der Waals surface area contributed by atoms with E-state index in [0.717, 1.165) is 11.1 Å². The number of aromatic nitrogens is 4. The Morgan fingerprint density at radius 1 is 1.38 bits per heavy atom. The lowest BCUT2D eigenvalue weighted by molar-refractivity contribution is -0.142. The Kier molecular flexibility index (Phi) is 4.54. The molecule has 0 unspecified atom stereocenters. The van der Waals surface area contributed by atoms with Gasteiger partial charge in [-0.3, -0.25) is 9.36 Å². The number of alkyl halides is 3. The van der Waals surface area contributed by atoms with Gasteiger partial charge in [0.1, 0.15) is 12.4 Å². The number of nitrogens with one attached hydrogen (secondary N) is 1. The average Bonchev–Trinajstić information content (AvgIpc) is 3.02. The fourth-order valence-electron chi connectivity index (χ4n) is 1.83. The Bertz CT molecular complexity index is 572. The van der Waals surface area contributed by atoms with Gasteiger partial charge in [0.2, 0.25) is 0 Å². The number of nitrogens with zero attached hydrogens (tertiary/aromatic N) is 4. The molecule has 2 aromatic heterocycles. The molecule has 0 aliphatic heterocycles. The minimum atomic E-state index is -4.26. The highest BCUT2D eigenvalue weighted by atomic mass is 19.4. The predicted molar refractivity (Wildman–Crippen MR) is 72.8 cm³/mol. The molecule has 116 valence electrons. The van der Waals surface area contributed by atoms with E-state index < -0.39 is 12.7 Å². The van der Waals surface area contributed by atoms with Crippen LogP contribution in [0.3, 0.4) is 0 Å². The van der Waals surface area contributed by atoms with E-state index in [2.05, 4.69) is 29.4 Å². The summed E-state index contributed by atoms with van der Waals surface area (Å²) in [4.78, 5) is 0. The molecule has 0 saturated heterocycles. The van der Waals surface area contributed by atoms with Crippen molar-refractivity contribution in [2.24, 2.45) is 0 Å². The van der Waals surface area contributed by atoms with Crippen molar-refractivity contribution in [2.75, 3.05) is 5.32 Å². The molecule has 0 spiro atoms. The molecular weight excluding hydrogens is 283 g/mol. The molecule has 0 aliphatic carbocycles. The first-order valence-corrected chi connectivity index (χ1v) is 6.74. The molecule has 2 aromatic rings. The third kappa shape index (κ3) is 4.51. The van der Waals surface area contributed by atoms with Gasteiger partial charge in [0, 0.05) is 36.6 Å².